The molecule has 2 aliphatic carbocycles. The normalized spacial score (nSPS) is 12.7. The van der Waals surface area contributed by atoms with Gasteiger partial charge in [0.2, 0.25) is 0 Å². The summed E-state index contributed by atoms with van der Waals surface area (Å²) in [5.41, 5.74) is 19.6. The second-order valence-corrected chi connectivity index (χ2v) is 16.9. The van der Waals surface area contributed by atoms with Crippen molar-refractivity contribution in [3.63, 3.8) is 0 Å². The smallest absolute Gasteiger partial charge is 0.164 e. The molecule has 0 N–H and O–H groups in total. The summed E-state index contributed by atoms with van der Waals surface area (Å²) >= 11 is 0. The van der Waals surface area contributed by atoms with Crippen LogP contribution in [0.3, 0.4) is 0 Å². The zero-order valence-corrected chi connectivity index (χ0v) is 35.2. The molecule has 13 rings (SSSR count). The Labute approximate surface area is 377 Å². The van der Waals surface area contributed by atoms with Crippen LogP contribution in [0.25, 0.3) is 101 Å². The summed E-state index contributed by atoms with van der Waals surface area (Å²) in [4.78, 5) is 19.9. The van der Waals surface area contributed by atoms with Gasteiger partial charge in [-0.05, 0) is 113 Å². The maximum atomic E-state index is 5.28. The largest absolute Gasteiger partial charge is 0.265 e. The van der Waals surface area contributed by atoms with E-state index in [1.807, 2.05) is 24.5 Å². The van der Waals surface area contributed by atoms with Gasteiger partial charge < -0.3 is 0 Å². The molecule has 2 aromatic heterocycles. The molecule has 2 aliphatic rings. The van der Waals surface area contributed by atoms with Gasteiger partial charge in [-0.3, -0.25) is 4.98 Å². The van der Waals surface area contributed by atoms with E-state index in [9.17, 15) is 0 Å². The Kier molecular flexibility index (Phi) is 8.40. The Morgan fingerprint density at radius 1 is 0.262 bits per heavy atom. The third kappa shape index (κ3) is 5.77. The van der Waals surface area contributed by atoms with Crippen LogP contribution < -0.4 is 0 Å². The molecule has 65 heavy (non-hydrogen) atoms. The molecule has 0 atom stereocenters. The van der Waals surface area contributed by atoms with Crippen molar-refractivity contribution in [1.82, 2.24) is 19.9 Å². The van der Waals surface area contributed by atoms with Crippen LogP contribution >= 0.6 is 0 Å². The summed E-state index contributed by atoms with van der Waals surface area (Å²) in [6.07, 6.45) is 3.64. The van der Waals surface area contributed by atoms with Crippen LogP contribution in [-0.2, 0) is 5.41 Å². The first-order chi connectivity index (χ1) is 32.2. The molecule has 0 saturated heterocycles. The zero-order chi connectivity index (χ0) is 42.9. The SMILES string of the molecule is c1ccc(-c2cc(-c3nc(-c4ccc(-c5ccncc5)cc4)nc(-c4cccc5ccccc45)n3)ccc2-c2ccc3c(c2)C2(c4ccccc4-c4ccccc42)c2ccccc2-3)cc1. The Hall–Kier alpha value is -8.60. The highest BCUT2D eigenvalue weighted by Crippen LogP contribution is 2.63. The molecule has 11 aromatic rings. The van der Waals surface area contributed by atoms with Crippen LogP contribution in [0.2, 0.25) is 0 Å². The van der Waals surface area contributed by atoms with E-state index >= 15 is 0 Å². The highest BCUT2D eigenvalue weighted by atomic mass is 15.0. The lowest BCUT2D eigenvalue weighted by molar-refractivity contribution is 0.794. The fourth-order valence-corrected chi connectivity index (χ4v) is 10.6. The molecule has 0 unspecified atom stereocenters. The minimum atomic E-state index is -0.433. The number of hydrogen-bond acceptors (Lipinski definition) is 4. The van der Waals surface area contributed by atoms with Crippen molar-refractivity contribution in [2.45, 2.75) is 5.41 Å². The maximum Gasteiger partial charge on any atom is 0.164 e. The molecule has 4 nitrogen and oxygen atoms in total. The standard InChI is InChI=1S/C61H38N4/c1-2-13-42(14-3-1)53-37-45(59-63-58(43-27-25-39(26-28-43)40-33-35-62-36-34-40)64-60(65-59)52-21-12-16-41-15-4-5-17-46(41)52)30-31-47(53)44-29-32-51-50-20-8-11-24-56(50)61(57(51)38-44)54-22-9-6-18-48(54)49-19-7-10-23-55(49)61/h1-38H. The third-order valence-electron chi connectivity index (χ3n) is 13.5. The monoisotopic (exact) mass is 826 g/mol. The second kappa shape index (κ2) is 14.8. The lowest BCUT2D eigenvalue weighted by atomic mass is 9.70. The van der Waals surface area contributed by atoms with E-state index in [-0.39, 0.29) is 0 Å². The number of fused-ring (bicyclic) bond motifs is 11. The van der Waals surface area contributed by atoms with E-state index in [0.29, 0.717) is 17.5 Å². The molecule has 0 saturated carbocycles. The van der Waals surface area contributed by atoms with Gasteiger partial charge in [-0.15, -0.1) is 0 Å². The Morgan fingerprint density at radius 2 is 0.754 bits per heavy atom. The third-order valence-corrected chi connectivity index (χ3v) is 13.5. The molecular weight excluding hydrogens is 789 g/mol. The van der Waals surface area contributed by atoms with Crippen molar-refractivity contribution < 1.29 is 0 Å². The van der Waals surface area contributed by atoms with Crippen LogP contribution in [-0.4, -0.2) is 19.9 Å². The van der Waals surface area contributed by atoms with Crippen molar-refractivity contribution in [3.05, 3.63) is 253 Å². The molecule has 4 heteroatoms. The number of hydrogen-bond donors (Lipinski definition) is 0. The van der Waals surface area contributed by atoms with E-state index in [1.54, 1.807) is 0 Å². The summed E-state index contributed by atoms with van der Waals surface area (Å²) in [7, 11) is 0. The van der Waals surface area contributed by atoms with Crippen molar-refractivity contribution in [3.8, 4) is 89.8 Å². The average molecular weight is 827 g/mol. The minimum Gasteiger partial charge on any atom is -0.265 e. The number of rotatable bonds is 6. The topological polar surface area (TPSA) is 51.6 Å². The van der Waals surface area contributed by atoms with Gasteiger partial charge in [0, 0.05) is 29.1 Å². The second-order valence-electron chi connectivity index (χ2n) is 16.9. The van der Waals surface area contributed by atoms with Gasteiger partial charge in [-0.2, -0.15) is 0 Å². The predicted octanol–water partition coefficient (Wildman–Crippen LogP) is 14.8. The quantitative estimate of drug-likeness (QED) is 0.168. The summed E-state index contributed by atoms with van der Waals surface area (Å²) < 4.78 is 0. The number of benzene rings is 9. The number of pyridine rings is 1. The molecule has 302 valence electrons. The molecule has 0 fully saturated rings. The highest BCUT2D eigenvalue weighted by molar-refractivity contribution is 5.98. The highest BCUT2D eigenvalue weighted by Gasteiger charge is 2.51. The van der Waals surface area contributed by atoms with E-state index in [0.717, 1.165) is 60.8 Å². The zero-order valence-electron chi connectivity index (χ0n) is 35.2. The Morgan fingerprint density at radius 3 is 1.46 bits per heavy atom. The molecule has 0 radical (unpaired) electrons. The molecular formula is C61H38N4. The first-order valence-electron chi connectivity index (χ1n) is 22.1. The summed E-state index contributed by atoms with van der Waals surface area (Å²) in [5.74, 6) is 1.86. The molecule has 0 aliphatic heterocycles. The Balaban J connectivity index is 1.00. The number of nitrogens with zero attached hydrogens (tertiary/aromatic N) is 4. The first-order valence-corrected chi connectivity index (χ1v) is 22.1. The van der Waals surface area contributed by atoms with Crippen LogP contribution in [0.1, 0.15) is 22.3 Å². The molecule has 0 amide bonds. The van der Waals surface area contributed by atoms with Gasteiger partial charge in [0.15, 0.2) is 17.5 Å². The van der Waals surface area contributed by atoms with E-state index in [1.165, 1.54) is 44.5 Å². The lowest BCUT2D eigenvalue weighted by Gasteiger charge is -2.30. The van der Waals surface area contributed by atoms with Crippen molar-refractivity contribution >= 4 is 10.8 Å². The summed E-state index contributed by atoms with van der Waals surface area (Å²) in [5, 5.41) is 2.23. The van der Waals surface area contributed by atoms with Gasteiger partial charge >= 0.3 is 0 Å². The van der Waals surface area contributed by atoms with E-state index in [2.05, 4.69) is 211 Å². The van der Waals surface area contributed by atoms with Gasteiger partial charge in [0.05, 0.1) is 5.41 Å². The minimum absolute atomic E-state index is 0.433. The molecule has 1 spiro atoms. The first kappa shape index (κ1) is 37.0. The van der Waals surface area contributed by atoms with Crippen LogP contribution in [0.5, 0.6) is 0 Å². The molecule has 0 bridgehead atoms. The van der Waals surface area contributed by atoms with Crippen molar-refractivity contribution in [2.24, 2.45) is 0 Å². The Bertz CT molecular complexity index is 3580. The molecule has 9 aromatic carbocycles. The lowest BCUT2D eigenvalue weighted by Crippen LogP contribution is -2.25. The van der Waals surface area contributed by atoms with E-state index in [4.69, 9.17) is 15.0 Å². The van der Waals surface area contributed by atoms with Crippen LogP contribution in [0.15, 0.2) is 231 Å². The van der Waals surface area contributed by atoms with Crippen LogP contribution in [0, 0.1) is 0 Å². The van der Waals surface area contributed by atoms with Crippen molar-refractivity contribution in [1.29, 1.82) is 0 Å². The van der Waals surface area contributed by atoms with Gasteiger partial charge in [-0.25, -0.2) is 15.0 Å². The van der Waals surface area contributed by atoms with Crippen molar-refractivity contribution in [2.75, 3.05) is 0 Å². The maximum absolute atomic E-state index is 5.28. The summed E-state index contributed by atoms with van der Waals surface area (Å²) in [6.45, 7) is 0. The fourth-order valence-electron chi connectivity index (χ4n) is 10.6. The van der Waals surface area contributed by atoms with E-state index < -0.39 is 5.41 Å². The number of aromatic nitrogens is 4. The van der Waals surface area contributed by atoms with Gasteiger partial charge in [-0.1, -0.05) is 194 Å². The molecule has 2 heterocycles. The van der Waals surface area contributed by atoms with Crippen LogP contribution in [0.4, 0.5) is 0 Å². The predicted molar refractivity (Wildman–Crippen MR) is 264 cm³/mol. The van der Waals surface area contributed by atoms with Gasteiger partial charge in [0.1, 0.15) is 0 Å². The van der Waals surface area contributed by atoms with Gasteiger partial charge in [0.25, 0.3) is 0 Å². The fraction of sp³-hybridized carbons (Fsp3) is 0.0164. The average Bonchev–Trinajstić information content (AvgIpc) is 3.86. The summed E-state index contributed by atoms with van der Waals surface area (Å²) in [6, 6.07) is 78.7.